The molecule has 9 heteroatoms. The number of aliphatic hydroxyl groups is 4. The number of aliphatic hydroxyl groups excluding tert-OH is 3. The molecule has 0 aromatic heterocycles. The molecule has 1 unspecified atom stereocenters. The first-order valence-electron chi connectivity index (χ1n) is 6.19. The predicted molar refractivity (Wildman–Crippen MR) is 61.3 cm³/mol. The minimum absolute atomic E-state index is 0.0221. The summed E-state index contributed by atoms with van der Waals surface area (Å²) in [5, 5.41) is 47.8. The zero-order valence-electron chi connectivity index (χ0n) is 10.5. The summed E-state index contributed by atoms with van der Waals surface area (Å²) in [5.41, 5.74) is 0. The summed E-state index contributed by atoms with van der Waals surface area (Å²) in [6, 6.07) is -1.11. The van der Waals surface area contributed by atoms with E-state index in [2.05, 4.69) is 0 Å². The number of ether oxygens (including phenoxy) is 1. The highest BCUT2D eigenvalue weighted by atomic mass is 16.6. The van der Waals surface area contributed by atoms with Crippen LogP contribution in [-0.2, 0) is 14.3 Å². The molecule has 0 aromatic carbocycles. The number of aliphatic carboxylic acids is 1. The van der Waals surface area contributed by atoms with E-state index in [0.717, 1.165) is 4.90 Å². The standard InChI is InChI=1S/C11H17NO8/c13-6-3-20-11(19,9(16)8(6)15)4-12-5(10(17)18)1-2-7(12)14/h5-6,8-9,13,15-16,19H,1-4H2,(H,17,18)/t5?,6-,8-,9+,11-/m1/s1. The maximum absolute atomic E-state index is 11.7. The molecule has 2 aliphatic heterocycles. The van der Waals surface area contributed by atoms with Gasteiger partial charge in [-0.3, -0.25) is 4.79 Å². The Morgan fingerprint density at radius 2 is 2.05 bits per heavy atom. The summed E-state index contributed by atoms with van der Waals surface area (Å²) < 4.78 is 4.91. The van der Waals surface area contributed by atoms with Crippen LogP contribution in [-0.4, -0.2) is 85.6 Å². The van der Waals surface area contributed by atoms with Crippen LogP contribution < -0.4 is 0 Å². The minimum Gasteiger partial charge on any atom is -0.480 e. The summed E-state index contributed by atoms with van der Waals surface area (Å²) in [4.78, 5) is 23.6. The molecule has 0 radical (unpaired) electrons. The summed E-state index contributed by atoms with van der Waals surface area (Å²) in [6.07, 6.45) is -4.74. The fourth-order valence-electron chi connectivity index (χ4n) is 2.46. The van der Waals surface area contributed by atoms with Gasteiger partial charge in [0.2, 0.25) is 11.7 Å². The van der Waals surface area contributed by atoms with Gasteiger partial charge in [0, 0.05) is 6.42 Å². The lowest BCUT2D eigenvalue weighted by Crippen LogP contribution is -2.65. The molecule has 5 atom stereocenters. The number of carbonyl (C=O) groups excluding carboxylic acids is 1. The molecule has 5 N–H and O–H groups in total. The van der Waals surface area contributed by atoms with Crippen LogP contribution in [0.3, 0.4) is 0 Å². The summed E-state index contributed by atoms with van der Waals surface area (Å²) >= 11 is 0. The summed E-state index contributed by atoms with van der Waals surface area (Å²) in [5.74, 6) is -4.01. The van der Waals surface area contributed by atoms with Crippen molar-refractivity contribution in [3.05, 3.63) is 0 Å². The van der Waals surface area contributed by atoms with Gasteiger partial charge in [-0.25, -0.2) is 4.79 Å². The van der Waals surface area contributed by atoms with Gasteiger partial charge < -0.3 is 35.2 Å². The SMILES string of the molecule is O=C(O)C1CCC(=O)N1C[C@@]1(O)OC[C@@H](O)[C@@H](O)[C@@H]1O. The molecule has 2 aliphatic rings. The molecular formula is C11H17NO8. The number of rotatable bonds is 3. The van der Waals surface area contributed by atoms with Crippen LogP contribution in [0, 0.1) is 0 Å². The van der Waals surface area contributed by atoms with E-state index in [1.54, 1.807) is 0 Å². The zero-order valence-corrected chi connectivity index (χ0v) is 10.5. The first-order chi connectivity index (χ1) is 9.26. The third-order valence-electron chi connectivity index (χ3n) is 3.69. The van der Waals surface area contributed by atoms with E-state index in [1.807, 2.05) is 0 Å². The van der Waals surface area contributed by atoms with E-state index in [9.17, 15) is 30.0 Å². The van der Waals surface area contributed by atoms with E-state index in [1.165, 1.54) is 0 Å². The van der Waals surface area contributed by atoms with E-state index in [-0.39, 0.29) is 12.8 Å². The molecule has 2 heterocycles. The molecule has 1 amide bonds. The number of nitrogens with zero attached hydrogens (tertiary/aromatic N) is 1. The van der Waals surface area contributed by atoms with Gasteiger partial charge in [0.1, 0.15) is 24.4 Å². The molecule has 2 rings (SSSR count). The Morgan fingerprint density at radius 1 is 1.40 bits per heavy atom. The Balaban J connectivity index is 2.15. The number of hydrogen-bond donors (Lipinski definition) is 5. The lowest BCUT2D eigenvalue weighted by atomic mass is 9.96. The van der Waals surface area contributed by atoms with Crippen molar-refractivity contribution in [2.75, 3.05) is 13.2 Å². The molecule has 9 nitrogen and oxygen atoms in total. The second-order valence-electron chi connectivity index (χ2n) is 5.07. The number of hydrogen-bond acceptors (Lipinski definition) is 7. The van der Waals surface area contributed by atoms with Crippen LogP contribution in [0.25, 0.3) is 0 Å². The molecule has 2 fully saturated rings. The average molecular weight is 291 g/mol. The summed E-state index contributed by atoms with van der Waals surface area (Å²) in [7, 11) is 0. The third-order valence-corrected chi connectivity index (χ3v) is 3.69. The van der Waals surface area contributed by atoms with Gasteiger partial charge in [-0.15, -0.1) is 0 Å². The number of carbonyl (C=O) groups is 2. The van der Waals surface area contributed by atoms with Crippen molar-refractivity contribution >= 4 is 11.9 Å². The van der Waals surface area contributed by atoms with E-state index in [0.29, 0.717) is 0 Å². The zero-order chi connectivity index (χ0) is 15.1. The molecule has 20 heavy (non-hydrogen) atoms. The van der Waals surface area contributed by atoms with Crippen molar-refractivity contribution in [3.63, 3.8) is 0 Å². The van der Waals surface area contributed by atoms with Gasteiger partial charge in [0.25, 0.3) is 0 Å². The minimum atomic E-state index is -2.31. The number of carboxylic acid groups (broad SMARTS) is 1. The summed E-state index contributed by atoms with van der Waals surface area (Å²) in [6.45, 7) is -1.03. The molecule has 0 bridgehead atoms. The molecule has 0 aliphatic carbocycles. The Labute approximate surface area is 114 Å². The smallest absolute Gasteiger partial charge is 0.326 e. The fraction of sp³-hybridized carbons (Fsp3) is 0.818. The Kier molecular flexibility index (Phi) is 3.98. The van der Waals surface area contributed by atoms with Gasteiger partial charge in [-0.05, 0) is 6.42 Å². The molecule has 114 valence electrons. The van der Waals surface area contributed by atoms with Crippen molar-refractivity contribution in [3.8, 4) is 0 Å². The molecular weight excluding hydrogens is 274 g/mol. The van der Waals surface area contributed by atoms with E-state index in [4.69, 9.17) is 9.84 Å². The highest BCUT2D eigenvalue weighted by molar-refractivity contribution is 5.87. The maximum atomic E-state index is 11.7. The number of amides is 1. The number of carboxylic acids is 1. The Bertz CT molecular complexity index is 415. The highest BCUT2D eigenvalue weighted by Gasteiger charge is 2.52. The van der Waals surface area contributed by atoms with Crippen molar-refractivity contribution in [2.45, 2.75) is 43.0 Å². The van der Waals surface area contributed by atoms with Crippen molar-refractivity contribution in [1.82, 2.24) is 4.90 Å². The quantitative estimate of drug-likeness (QED) is 0.366. The van der Waals surface area contributed by atoms with Crippen LogP contribution in [0.4, 0.5) is 0 Å². The maximum Gasteiger partial charge on any atom is 0.326 e. The van der Waals surface area contributed by atoms with Gasteiger partial charge in [-0.1, -0.05) is 0 Å². The van der Waals surface area contributed by atoms with Crippen LogP contribution >= 0.6 is 0 Å². The lowest BCUT2D eigenvalue weighted by molar-refractivity contribution is -0.324. The topological polar surface area (TPSA) is 148 Å². The van der Waals surface area contributed by atoms with E-state index >= 15 is 0 Å². The van der Waals surface area contributed by atoms with Crippen molar-refractivity contribution in [1.29, 1.82) is 0 Å². The van der Waals surface area contributed by atoms with Gasteiger partial charge >= 0.3 is 5.97 Å². The number of likely N-dealkylation sites (tertiary alicyclic amines) is 1. The van der Waals surface area contributed by atoms with Crippen LogP contribution in [0.1, 0.15) is 12.8 Å². The van der Waals surface area contributed by atoms with Gasteiger partial charge in [-0.2, -0.15) is 0 Å². The van der Waals surface area contributed by atoms with Crippen LogP contribution in [0.5, 0.6) is 0 Å². The lowest BCUT2D eigenvalue weighted by Gasteiger charge is -2.43. The monoisotopic (exact) mass is 291 g/mol. The van der Waals surface area contributed by atoms with Crippen LogP contribution in [0.15, 0.2) is 0 Å². The average Bonchev–Trinajstić information content (AvgIpc) is 2.74. The Hall–Kier alpha value is -1.26. The highest BCUT2D eigenvalue weighted by Crippen LogP contribution is 2.28. The Morgan fingerprint density at radius 3 is 2.65 bits per heavy atom. The first-order valence-corrected chi connectivity index (χ1v) is 6.19. The van der Waals surface area contributed by atoms with Crippen molar-refractivity contribution in [2.24, 2.45) is 0 Å². The second-order valence-corrected chi connectivity index (χ2v) is 5.07. The van der Waals surface area contributed by atoms with Crippen molar-refractivity contribution < 1.29 is 39.9 Å². The third kappa shape index (κ3) is 2.50. The molecule has 0 saturated carbocycles. The van der Waals surface area contributed by atoms with Crippen LogP contribution in [0.2, 0.25) is 0 Å². The number of β-amino-alcohol motifs (C(OH)–C–C–N with tert-alkyl or cyclic N) is 1. The largest absolute Gasteiger partial charge is 0.480 e. The molecule has 0 spiro atoms. The molecule has 2 saturated heterocycles. The normalized spacial score (nSPS) is 42.0. The second kappa shape index (κ2) is 5.26. The predicted octanol–water partition coefficient (Wildman–Crippen LogP) is -3.14. The van der Waals surface area contributed by atoms with E-state index < -0.39 is 55.2 Å². The molecule has 0 aromatic rings. The van der Waals surface area contributed by atoms with Gasteiger partial charge in [0.15, 0.2) is 0 Å². The first kappa shape index (κ1) is 15.1. The fourth-order valence-corrected chi connectivity index (χ4v) is 2.46. The van der Waals surface area contributed by atoms with Gasteiger partial charge in [0.05, 0.1) is 13.2 Å².